The molecular formula is C10H8Br2S2. The van der Waals surface area contributed by atoms with E-state index in [1.165, 1.54) is 24.3 Å². The molecular weight excluding hydrogens is 344 g/mol. The Hall–Kier alpha value is 0.490. The van der Waals surface area contributed by atoms with Gasteiger partial charge in [0.15, 0.2) is 0 Å². The molecule has 0 bridgehead atoms. The van der Waals surface area contributed by atoms with Gasteiger partial charge in [-0.05, 0) is 33.8 Å². The summed E-state index contributed by atoms with van der Waals surface area (Å²) in [4.78, 5) is 1.35. The third-order valence-electron chi connectivity index (χ3n) is 2.03. The Balaban J connectivity index is 2.68. The van der Waals surface area contributed by atoms with Crippen LogP contribution in [0.15, 0.2) is 26.9 Å². The summed E-state index contributed by atoms with van der Waals surface area (Å²) in [6.45, 7) is 0. The van der Waals surface area contributed by atoms with Gasteiger partial charge >= 0.3 is 0 Å². The highest BCUT2D eigenvalue weighted by Crippen LogP contribution is 2.41. The maximum atomic E-state index is 3.60. The average Bonchev–Trinajstić information content (AvgIpc) is 2.51. The molecule has 0 saturated heterocycles. The van der Waals surface area contributed by atoms with Gasteiger partial charge in [0, 0.05) is 20.3 Å². The minimum Gasteiger partial charge on any atom is -0.127 e. The number of halogens is 2. The number of fused-ring (bicyclic) bond motifs is 1. The number of hydrogen-bond acceptors (Lipinski definition) is 2. The van der Waals surface area contributed by atoms with Crippen molar-refractivity contribution in [2.24, 2.45) is 0 Å². The Labute approximate surface area is 108 Å². The van der Waals surface area contributed by atoms with E-state index < -0.39 is 0 Å². The molecule has 2 aromatic rings. The van der Waals surface area contributed by atoms with E-state index in [0.29, 0.717) is 0 Å². The van der Waals surface area contributed by atoms with E-state index in [-0.39, 0.29) is 0 Å². The first-order chi connectivity index (χ1) is 6.76. The fraction of sp³-hybridized carbons (Fsp3) is 0.200. The van der Waals surface area contributed by atoms with Crippen LogP contribution < -0.4 is 0 Å². The van der Waals surface area contributed by atoms with Crippen LogP contribution in [0.1, 0.15) is 5.56 Å². The van der Waals surface area contributed by atoms with Gasteiger partial charge in [0.25, 0.3) is 0 Å². The van der Waals surface area contributed by atoms with Crippen LogP contribution in [-0.2, 0) is 5.33 Å². The predicted molar refractivity (Wildman–Crippen MR) is 73.9 cm³/mol. The second-order valence-corrected chi connectivity index (χ2v) is 6.62. The van der Waals surface area contributed by atoms with Crippen LogP contribution in [0.25, 0.3) is 10.1 Å². The number of alkyl halides is 1. The van der Waals surface area contributed by atoms with Gasteiger partial charge in [-0.15, -0.1) is 23.1 Å². The second-order valence-electron chi connectivity index (χ2n) is 2.87. The lowest BCUT2D eigenvalue weighted by atomic mass is 10.2. The predicted octanol–water partition coefficient (Wildman–Crippen LogP) is 5.28. The molecule has 1 aromatic heterocycles. The highest BCUT2D eigenvalue weighted by molar-refractivity contribution is 9.11. The van der Waals surface area contributed by atoms with Crippen LogP contribution in [0.4, 0.5) is 0 Å². The molecule has 1 heterocycles. The fourth-order valence-corrected chi connectivity index (χ4v) is 4.82. The molecule has 0 radical (unpaired) electrons. The maximum Gasteiger partial charge on any atom is 0.0846 e. The van der Waals surface area contributed by atoms with Gasteiger partial charge in [0.05, 0.1) is 3.79 Å². The second kappa shape index (κ2) is 4.56. The fourth-order valence-electron chi connectivity index (χ4n) is 1.36. The number of thioether (sulfide) groups is 1. The molecule has 4 heteroatoms. The molecule has 0 amide bonds. The third kappa shape index (κ3) is 1.90. The van der Waals surface area contributed by atoms with Crippen molar-refractivity contribution in [2.75, 3.05) is 6.26 Å². The molecule has 14 heavy (non-hydrogen) atoms. The lowest BCUT2D eigenvalue weighted by Gasteiger charge is -1.97. The largest absolute Gasteiger partial charge is 0.127 e. The lowest BCUT2D eigenvalue weighted by Crippen LogP contribution is -1.75. The van der Waals surface area contributed by atoms with Crippen molar-refractivity contribution in [1.29, 1.82) is 0 Å². The SMILES string of the molecule is CSc1c(Br)sc2cc(CBr)ccc12. The number of hydrogen-bond donors (Lipinski definition) is 0. The summed E-state index contributed by atoms with van der Waals surface area (Å²) < 4.78 is 2.60. The van der Waals surface area contributed by atoms with Crippen LogP contribution in [0.3, 0.4) is 0 Å². The monoisotopic (exact) mass is 350 g/mol. The molecule has 74 valence electrons. The van der Waals surface area contributed by atoms with Crippen molar-refractivity contribution in [2.45, 2.75) is 10.2 Å². The minimum absolute atomic E-state index is 0.924. The normalized spacial score (nSPS) is 11.1. The number of benzene rings is 1. The van der Waals surface area contributed by atoms with Crippen molar-refractivity contribution in [1.82, 2.24) is 0 Å². The van der Waals surface area contributed by atoms with Gasteiger partial charge in [-0.3, -0.25) is 0 Å². The van der Waals surface area contributed by atoms with Crippen molar-refractivity contribution >= 4 is 65.0 Å². The lowest BCUT2D eigenvalue weighted by molar-refractivity contribution is 1.46. The third-order valence-corrected chi connectivity index (χ3v) is 5.72. The van der Waals surface area contributed by atoms with Gasteiger partial charge in [0.2, 0.25) is 0 Å². The summed E-state index contributed by atoms with van der Waals surface area (Å²) in [5.74, 6) is 0. The van der Waals surface area contributed by atoms with E-state index in [4.69, 9.17) is 0 Å². The zero-order chi connectivity index (χ0) is 10.1. The highest BCUT2D eigenvalue weighted by Gasteiger charge is 2.08. The van der Waals surface area contributed by atoms with Crippen molar-refractivity contribution in [3.8, 4) is 0 Å². The first kappa shape index (κ1) is 11.0. The molecule has 0 fully saturated rings. The van der Waals surface area contributed by atoms with Crippen LogP contribution in [-0.4, -0.2) is 6.26 Å². The molecule has 0 aliphatic heterocycles. The van der Waals surface area contributed by atoms with Gasteiger partial charge in [-0.1, -0.05) is 28.1 Å². The molecule has 1 aromatic carbocycles. The molecule has 0 atom stereocenters. The topological polar surface area (TPSA) is 0 Å². The van der Waals surface area contributed by atoms with Crippen molar-refractivity contribution in [3.05, 3.63) is 27.5 Å². The summed E-state index contributed by atoms with van der Waals surface area (Å²) in [6, 6.07) is 6.63. The smallest absolute Gasteiger partial charge is 0.0846 e. The molecule has 0 unspecified atom stereocenters. The van der Waals surface area contributed by atoms with Gasteiger partial charge < -0.3 is 0 Å². The maximum absolute atomic E-state index is 3.60. The van der Waals surface area contributed by atoms with Crippen LogP contribution in [0, 0.1) is 0 Å². The summed E-state index contributed by atoms with van der Waals surface area (Å²) >= 11 is 10.7. The Bertz CT molecular complexity index is 462. The van der Waals surface area contributed by atoms with E-state index in [1.54, 1.807) is 11.8 Å². The number of rotatable bonds is 2. The van der Waals surface area contributed by atoms with Crippen LogP contribution in [0.5, 0.6) is 0 Å². The molecule has 0 aliphatic rings. The Morgan fingerprint density at radius 2 is 2.21 bits per heavy atom. The first-order valence-corrected chi connectivity index (χ1v) is 8.02. The minimum atomic E-state index is 0.924. The summed E-state index contributed by atoms with van der Waals surface area (Å²) in [6.07, 6.45) is 2.12. The van der Waals surface area contributed by atoms with E-state index >= 15 is 0 Å². The number of thiophene rings is 1. The first-order valence-electron chi connectivity index (χ1n) is 4.07. The van der Waals surface area contributed by atoms with E-state index in [9.17, 15) is 0 Å². The van der Waals surface area contributed by atoms with Gasteiger partial charge in [-0.25, -0.2) is 0 Å². The summed E-state index contributed by atoms with van der Waals surface area (Å²) in [7, 11) is 0. The Morgan fingerprint density at radius 3 is 2.86 bits per heavy atom. The quantitative estimate of drug-likeness (QED) is 0.523. The molecule has 0 N–H and O–H groups in total. The Kier molecular flexibility index (Phi) is 3.58. The summed E-state index contributed by atoms with van der Waals surface area (Å²) in [5.41, 5.74) is 1.33. The highest BCUT2D eigenvalue weighted by atomic mass is 79.9. The van der Waals surface area contributed by atoms with E-state index in [0.717, 1.165) is 5.33 Å². The van der Waals surface area contributed by atoms with Crippen LogP contribution >= 0.6 is 55.0 Å². The zero-order valence-corrected chi connectivity index (χ0v) is 12.3. The van der Waals surface area contributed by atoms with Crippen molar-refractivity contribution in [3.63, 3.8) is 0 Å². The van der Waals surface area contributed by atoms with E-state index in [1.807, 2.05) is 11.3 Å². The van der Waals surface area contributed by atoms with Crippen LogP contribution in [0.2, 0.25) is 0 Å². The zero-order valence-electron chi connectivity index (χ0n) is 7.51. The summed E-state index contributed by atoms with van der Waals surface area (Å²) in [5, 5.41) is 2.28. The molecule has 0 spiro atoms. The van der Waals surface area contributed by atoms with E-state index in [2.05, 4.69) is 56.3 Å². The molecule has 0 aliphatic carbocycles. The Morgan fingerprint density at radius 1 is 1.43 bits per heavy atom. The molecule has 0 nitrogen and oxygen atoms in total. The van der Waals surface area contributed by atoms with Crippen molar-refractivity contribution < 1.29 is 0 Å². The molecule has 2 rings (SSSR count). The standard InChI is InChI=1S/C10H8Br2S2/c1-13-9-7-3-2-6(5-11)4-8(7)14-10(9)12/h2-4H,5H2,1H3. The molecule has 0 saturated carbocycles. The average molecular weight is 352 g/mol. The van der Waals surface area contributed by atoms with Gasteiger partial charge in [-0.2, -0.15) is 0 Å². The van der Waals surface area contributed by atoms with Gasteiger partial charge in [0.1, 0.15) is 0 Å².